The van der Waals surface area contributed by atoms with Crippen molar-refractivity contribution in [3.05, 3.63) is 75.6 Å². The van der Waals surface area contributed by atoms with Gasteiger partial charge in [-0.05, 0) is 30.7 Å². The second kappa shape index (κ2) is 7.55. The number of thiazole rings is 1. The molecule has 3 nitrogen and oxygen atoms in total. The van der Waals surface area contributed by atoms with Crippen LogP contribution in [0.15, 0.2) is 65.1 Å². The average molecular weight is 399 g/mol. The van der Waals surface area contributed by atoms with E-state index in [1.165, 1.54) is 17.4 Å². The standard InChI is InChI=1S/C19H15BrN2OS/c1-13-18(15-5-3-2-4-6-15)22-19(24-13)21-17(23)12-9-14-7-10-16(20)11-8-14/h2-12H,1H3,(H,21,22,23)/b12-9+. The zero-order valence-electron chi connectivity index (χ0n) is 13.0. The molecule has 0 aliphatic heterocycles. The highest BCUT2D eigenvalue weighted by Gasteiger charge is 2.10. The van der Waals surface area contributed by atoms with Crippen molar-refractivity contribution >= 4 is 44.4 Å². The zero-order valence-corrected chi connectivity index (χ0v) is 15.4. The number of hydrogen-bond acceptors (Lipinski definition) is 3. The lowest BCUT2D eigenvalue weighted by Gasteiger charge is -1.98. The SMILES string of the molecule is Cc1sc(NC(=O)/C=C/c2ccc(Br)cc2)nc1-c1ccccc1. The Hall–Kier alpha value is -2.24. The van der Waals surface area contributed by atoms with Crippen LogP contribution in [-0.4, -0.2) is 10.9 Å². The van der Waals surface area contributed by atoms with Gasteiger partial charge in [0.1, 0.15) is 0 Å². The van der Waals surface area contributed by atoms with Crippen molar-refractivity contribution in [1.82, 2.24) is 4.98 Å². The molecule has 5 heteroatoms. The van der Waals surface area contributed by atoms with E-state index in [9.17, 15) is 4.79 Å². The summed E-state index contributed by atoms with van der Waals surface area (Å²) in [4.78, 5) is 17.7. The van der Waals surface area contributed by atoms with Gasteiger partial charge in [0, 0.05) is 21.0 Å². The lowest BCUT2D eigenvalue weighted by atomic mass is 10.1. The molecular formula is C19H15BrN2OS. The Morgan fingerprint density at radius 1 is 1.12 bits per heavy atom. The number of carbonyl (C=O) groups is 1. The Kier molecular flexibility index (Phi) is 5.23. The van der Waals surface area contributed by atoms with Crippen LogP contribution in [-0.2, 0) is 4.79 Å². The minimum atomic E-state index is -0.189. The molecule has 0 spiro atoms. The third-order valence-electron chi connectivity index (χ3n) is 3.37. The summed E-state index contributed by atoms with van der Waals surface area (Å²) < 4.78 is 1.01. The van der Waals surface area contributed by atoms with Crippen molar-refractivity contribution in [2.45, 2.75) is 6.92 Å². The molecule has 0 aliphatic rings. The first-order valence-corrected chi connectivity index (χ1v) is 9.00. The van der Waals surface area contributed by atoms with Gasteiger partial charge in [-0.15, -0.1) is 11.3 Å². The van der Waals surface area contributed by atoms with Crippen molar-refractivity contribution in [2.75, 3.05) is 5.32 Å². The van der Waals surface area contributed by atoms with Gasteiger partial charge in [0.2, 0.25) is 5.91 Å². The van der Waals surface area contributed by atoms with E-state index in [4.69, 9.17) is 0 Å². The summed E-state index contributed by atoms with van der Waals surface area (Å²) in [6.07, 6.45) is 3.29. The molecule has 3 rings (SSSR count). The van der Waals surface area contributed by atoms with Gasteiger partial charge in [-0.25, -0.2) is 4.98 Å². The molecule has 1 heterocycles. The third kappa shape index (κ3) is 4.19. The number of nitrogens with one attached hydrogen (secondary N) is 1. The second-order valence-electron chi connectivity index (χ2n) is 5.16. The van der Waals surface area contributed by atoms with E-state index in [0.717, 1.165) is 26.2 Å². The Bertz CT molecular complexity index is 870. The predicted molar refractivity (Wildman–Crippen MR) is 104 cm³/mol. The lowest BCUT2D eigenvalue weighted by Crippen LogP contribution is -2.07. The van der Waals surface area contributed by atoms with Gasteiger partial charge in [0.15, 0.2) is 5.13 Å². The minimum absolute atomic E-state index is 0.189. The molecule has 1 amide bonds. The van der Waals surface area contributed by atoms with Crippen LogP contribution in [0.1, 0.15) is 10.4 Å². The van der Waals surface area contributed by atoms with Crippen LogP contribution in [0.3, 0.4) is 0 Å². The molecule has 0 fully saturated rings. The molecule has 0 radical (unpaired) electrons. The Morgan fingerprint density at radius 2 is 1.83 bits per heavy atom. The molecule has 0 saturated heterocycles. The highest BCUT2D eigenvalue weighted by atomic mass is 79.9. The maximum Gasteiger partial charge on any atom is 0.250 e. The van der Waals surface area contributed by atoms with Crippen molar-refractivity contribution in [2.24, 2.45) is 0 Å². The van der Waals surface area contributed by atoms with Gasteiger partial charge in [0.25, 0.3) is 0 Å². The quantitative estimate of drug-likeness (QED) is 0.586. The molecule has 1 N–H and O–H groups in total. The molecular weight excluding hydrogens is 384 g/mol. The van der Waals surface area contributed by atoms with Gasteiger partial charge in [-0.2, -0.15) is 0 Å². The van der Waals surface area contributed by atoms with E-state index in [1.54, 1.807) is 6.08 Å². The first kappa shape index (κ1) is 16.6. The number of hydrogen-bond donors (Lipinski definition) is 1. The van der Waals surface area contributed by atoms with Crippen LogP contribution in [0.25, 0.3) is 17.3 Å². The summed E-state index contributed by atoms with van der Waals surface area (Å²) in [6, 6.07) is 17.7. The Labute approximate surface area is 153 Å². The largest absolute Gasteiger partial charge is 0.298 e. The molecule has 3 aromatic rings. The van der Waals surface area contributed by atoms with Gasteiger partial charge >= 0.3 is 0 Å². The highest BCUT2D eigenvalue weighted by molar-refractivity contribution is 9.10. The number of aromatic nitrogens is 1. The van der Waals surface area contributed by atoms with Crippen LogP contribution >= 0.6 is 27.3 Å². The van der Waals surface area contributed by atoms with Crippen molar-refractivity contribution in [3.63, 3.8) is 0 Å². The van der Waals surface area contributed by atoms with Crippen LogP contribution in [0.2, 0.25) is 0 Å². The zero-order chi connectivity index (χ0) is 16.9. The average Bonchev–Trinajstić information content (AvgIpc) is 2.95. The number of halogens is 1. The van der Waals surface area contributed by atoms with Gasteiger partial charge in [-0.1, -0.05) is 58.4 Å². The van der Waals surface area contributed by atoms with E-state index in [1.807, 2.05) is 61.5 Å². The maximum absolute atomic E-state index is 12.1. The van der Waals surface area contributed by atoms with Crippen LogP contribution in [0, 0.1) is 6.92 Å². The maximum atomic E-state index is 12.1. The highest BCUT2D eigenvalue weighted by Crippen LogP contribution is 2.30. The molecule has 0 unspecified atom stereocenters. The molecule has 1 aromatic heterocycles. The fraction of sp³-hybridized carbons (Fsp3) is 0.0526. The summed E-state index contributed by atoms with van der Waals surface area (Å²) in [7, 11) is 0. The number of amides is 1. The third-order valence-corrected chi connectivity index (χ3v) is 4.79. The first-order valence-electron chi connectivity index (χ1n) is 7.39. The summed E-state index contributed by atoms with van der Waals surface area (Å²) in [5, 5.41) is 3.44. The van der Waals surface area contributed by atoms with E-state index in [0.29, 0.717) is 5.13 Å². The van der Waals surface area contributed by atoms with Gasteiger partial charge < -0.3 is 0 Å². The molecule has 0 aliphatic carbocycles. The van der Waals surface area contributed by atoms with E-state index in [2.05, 4.69) is 26.2 Å². The van der Waals surface area contributed by atoms with E-state index < -0.39 is 0 Å². The topological polar surface area (TPSA) is 42.0 Å². The summed E-state index contributed by atoms with van der Waals surface area (Å²) >= 11 is 4.87. The number of anilines is 1. The number of rotatable bonds is 4. The van der Waals surface area contributed by atoms with E-state index >= 15 is 0 Å². The molecule has 0 bridgehead atoms. The number of benzene rings is 2. The fourth-order valence-electron chi connectivity index (χ4n) is 2.21. The number of nitrogens with zero attached hydrogens (tertiary/aromatic N) is 1. The monoisotopic (exact) mass is 398 g/mol. The minimum Gasteiger partial charge on any atom is -0.298 e. The Balaban J connectivity index is 1.70. The van der Waals surface area contributed by atoms with Crippen molar-refractivity contribution in [1.29, 1.82) is 0 Å². The molecule has 0 atom stereocenters. The van der Waals surface area contributed by atoms with Gasteiger partial charge in [-0.3, -0.25) is 10.1 Å². The number of aryl methyl sites for hydroxylation is 1. The molecule has 0 saturated carbocycles. The Morgan fingerprint density at radius 3 is 2.54 bits per heavy atom. The number of carbonyl (C=O) groups excluding carboxylic acids is 1. The lowest BCUT2D eigenvalue weighted by molar-refractivity contribution is -0.111. The van der Waals surface area contributed by atoms with Crippen molar-refractivity contribution in [3.8, 4) is 11.3 Å². The molecule has 120 valence electrons. The fourth-order valence-corrected chi connectivity index (χ4v) is 3.31. The second-order valence-corrected chi connectivity index (χ2v) is 7.28. The predicted octanol–water partition coefficient (Wildman–Crippen LogP) is 5.53. The molecule has 24 heavy (non-hydrogen) atoms. The smallest absolute Gasteiger partial charge is 0.250 e. The van der Waals surface area contributed by atoms with Crippen LogP contribution < -0.4 is 5.32 Å². The summed E-state index contributed by atoms with van der Waals surface area (Å²) in [5.41, 5.74) is 2.93. The van der Waals surface area contributed by atoms with E-state index in [-0.39, 0.29) is 5.91 Å². The first-order chi connectivity index (χ1) is 11.6. The normalized spacial score (nSPS) is 10.9. The van der Waals surface area contributed by atoms with Crippen molar-refractivity contribution < 1.29 is 4.79 Å². The summed E-state index contributed by atoms with van der Waals surface area (Å²) in [6.45, 7) is 2.01. The van der Waals surface area contributed by atoms with Crippen LogP contribution in [0.5, 0.6) is 0 Å². The van der Waals surface area contributed by atoms with Gasteiger partial charge in [0.05, 0.1) is 5.69 Å². The van der Waals surface area contributed by atoms with Crippen LogP contribution in [0.4, 0.5) is 5.13 Å². The summed E-state index contributed by atoms with van der Waals surface area (Å²) in [5.74, 6) is -0.189. The molecule has 2 aromatic carbocycles.